The first kappa shape index (κ1) is 30.4. The smallest absolute Gasteiger partial charge is 0.318 e. The highest BCUT2D eigenvalue weighted by molar-refractivity contribution is 6.30. The first-order chi connectivity index (χ1) is 19.8. The van der Waals surface area contributed by atoms with Crippen molar-refractivity contribution in [1.82, 2.24) is 10.2 Å². The molecule has 220 valence electrons. The maximum Gasteiger partial charge on any atom is 0.318 e. The molecular formula is C32H39ClN2O6. The summed E-state index contributed by atoms with van der Waals surface area (Å²) in [5.41, 5.74) is 1.36. The molecule has 2 atom stereocenters. The van der Waals surface area contributed by atoms with Crippen molar-refractivity contribution < 1.29 is 28.6 Å². The molecule has 2 amide bonds. The summed E-state index contributed by atoms with van der Waals surface area (Å²) in [6.07, 6.45) is 6.45. The molecule has 0 aromatic heterocycles. The second kappa shape index (κ2) is 13.9. The fourth-order valence-electron chi connectivity index (χ4n) is 5.94. The van der Waals surface area contributed by atoms with Crippen LogP contribution in [0.15, 0.2) is 54.2 Å². The lowest BCUT2D eigenvalue weighted by Gasteiger charge is -2.34. The van der Waals surface area contributed by atoms with Gasteiger partial charge in [-0.15, -0.1) is 0 Å². The van der Waals surface area contributed by atoms with E-state index in [1.165, 1.54) is 0 Å². The molecule has 1 fully saturated rings. The van der Waals surface area contributed by atoms with Gasteiger partial charge in [0.05, 0.1) is 26.7 Å². The number of halogens is 1. The summed E-state index contributed by atoms with van der Waals surface area (Å²) in [6, 6.07) is 12.9. The van der Waals surface area contributed by atoms with Crippen LogP contribution in [0.1, 0.15) is 56.6 Å². The molecule has 2 aromatic carbocycles. The monoisotopic (exact) mass is 582 g/mol. The molecule has 1 aliphatic carbocycles. The first-order valence-corrected chi connectivity index (χ1v) is 14.6. The van der Waals surface area contributed by atoms with E-state index >= 15 is 0 Å². The number of nitrogens with one attached hydrogen (secondary N) is 1. The quantitative estimate of drug-likeness (QED) is 0.354. The minimum Gasteiger partial charge on any atom is -0.493 e. The van der Waals surface area contributed by atoms with E-state index in [0.717, 1.165) is 36.8 Å². The Labute approximate surface area is 247 Å². The SMILES string of the molecule is CCOC(=O)[C@]12CCCCC/C=C\1N(CCc1ccc(Cl)cc1)C(=O)[C@H]2CC(=O)NCc1ccc(OC)c(OC)c1. The Kier molecular flexibility index (Phi) is 10.3. The van der Waals surface area contributed by atoms with Crippen molar-refractivity contribution in [2.75, 3.05) is 27.4 Å². The van der Waals surface area contributed by atoms with Crippen LogP contribution in [0.4, 0.5) is 0 Å². The Morgan fingerprint density at radius 2 is 1.76 bits per heavy atom. The van der Waals surface area contributed by atoms with Gasteiger partial charge < -0.3 is 24.4 Å². The zero-order valence-electron chi connectivity index (χ0n) is 24.0. The lowest BCUT2D eigenvalue weighted by molar-refractivity contribution is -0.158. The second-order valence-electron chi connectivity index (χ2n) is 10.5. The highest BCUT2D eigenvalue weighted by atomic mass is 35.5. The van der Waals surface area contributed by atoms with Crippen molar-refractivity contribution in [3.63, 3.8) is 0 Å². The number of carbonyl (C=O) groups is 3. The summed E-state index contributed by atoms with van der Waals surface area (Å²) < 4.78 is 16.3. The van der Waals surface area contributed by atoms with Gasteiger partial charge in [0.2, 0.25) is 11.8 Å². The molecule has 0 radical (unpaired) electrons. The molecule has 0 unspecified atom stereocenters. The van der Waals surface area contributed by atoms with Gasteiger partial charge in [-0.3, -0.25) is 14.4 Å². The van der Waals surface area contributed by atoms with E-state index in [1.54, 1.807) is 38.2 Å². The Hall–Kier alpha value is -3.52. The number of carbonyl (C=O) groups excluding carboxylic acids is 3. The van der Waals surface area contributed by atoms with Crippen LogP contribution in [0.5, 0.6) is 11.5 Å². The highest BCUT2D eigenvalue weighted by Gasteiger charge is 2.61. The van der Waals surface area contributed by atoms with Crippen LogP contribution in [0.2, 0.25) is 5.02 Å². The second-order valence-corrected chi connectivity index (χ2v) is 10.9. The number of rotatable bonds is 11. The van der Waals surface area contributed by atoms with E-state index in [4.69, 9.17) is 25.8 Å². The predicted molar refractivity (Wildman–Crippen MR) is 157 cm³/mol. The van der Waals surface area contributed by atoms with Gasteiger partial charge >= 0.3 is 5.97 Å². The fourth-order valence-corrected chi connectivity index (χ4v) is 6.06. The molecule has 4 rings (SSSR count). The molecule has 2 aliphatic rings. The number of esters is 1. The third-order valence-corrected chi connectivity index (χ3v) is 8.28. The molecule has 9 heteroatoms. The van der Waals surface area contributed by atoms with Crippen LogP contribution < -0.4 is 14.8 Å². The van der Waals surface area contributed by atoms with E-state index in [9.17, 15) is 14.4 Å². The standard InChI is InChI=1S/C32H39ClN2O6/c1-4-41-31(38)32-17-8-6-5-7-9-28(32)35(18-16-22-10-13-24(33)14-11-22)30(37)25(32)20-29(36)34-21-23-12-15-26(39-2)27(19-23)40-3/h9-15,19,25H,4-8,16-18,20-21H2,1-3H3,(H,34,36)/b28-9+/t25-,32+/m1/s1. The number of ether oxygens (including phenoxy) is 3. The number of likely N-dealkylation sites (tertiary alicyclic amines) is 1. The molecule has 1 N–H and O–H groups in total. The van der Waals surface area contributed by atoms with E-state index in [2.05, 4.69) is 5.32 Å². The summed E-state index contributed by atoms with van der Waals surface area (Å²) in [5.74, 6) is -0.621. The average molecular weight is 583 g/mol. The van der Waals surface area contributed by atoms with Gasteiger partial charge in [-0.2, -0.15) is 0 Å². The Morgan fingerprint density at radius 3 is 2.46 bits per heavy atom. The largest absolute Gasteiger partial charge is 0.493 e. The van der Waals surface area contributed by atoms with Gasteiger partial charge in [-0.25, -0.2) is 0 Å². The molecule has 0 saturated carbocycles. The number of allylic oxidation sites excluding steroid dienone is 1. The van der Waals surface area contributed by atoms with Gasteiger partial charge in [0, 0.05) is 30.2 Å². The zero-order valence-corrected chi connectivity index (χ0v) is 24.8. The van der Waals surface area contributed by atoms with Crippen molar-refractivity contribution in [3.8, 4) is 11.5 Å². The Bertz CT molecular complexity index is 1280. The van der Waals surface area contributed by atoms with Gasteiger partial charge in [-0.1, -0.05) is 48.7 Å². The van der Waals surface area contributed by atoms with Gasteiger partial charge in [-0.05, 0) is 68.0 Å². The van der Waals surface area contributed by atoms with Gasteiger partial charge in [0.15, 0.2) is 11.5 Å². The van der Waals surface area contributed by atoms with Crippen LogP contribution in [-0.4, -0.2) is 50.1 Å². The molecule has 41 heavy (non-hydrogen) atoms. The topological polar surface area (TPSA) is 94.2 Å². The Balaban J connectivity index is 1.60. The lowest BCUT2D eigenvalue weighted by Crippen LogP contribution is -2.42. The summed E-state index contributed by atoms with van der Waals surface area (Å²) in [7, 11) is 3.12. The summed E-state index contributed by atoms with van der Waals surface area (Å²) >= 11 is 6.06. The van der Waals surface area contributed by atoms with Crippen LogP contribution >= 0.6 is 11.6 Å². The summed E-state index contributed by atoms with van der Waals surface area (Å²) in [5, 5.41) is 3.58. The van der Waals surface area contributed by atoms with E-state index in [1.807, 2.05) is 36.4 Å². The minimum absolute atomic E-state index is 0.111. The number of fused-ring (bicyclic) bond motifs is 1. The van der Waals surface area contributed by atoms with Crippen molar-refractivity contribution in [3.05, 3.63) is 70.4 Å². The van der Waals surface area contributed by atoms with E-state index in [0.29, 0.717) is 41.6 Å². The number of hydrogen-bond acceptors (Lipinski definition) is 6. The maximum atomic E-state index is 14.1. The molecule has 0 spiro atoms. The lowest BCUT2D eigenvalue weighted by atomic mass is 9.69. The molecular weight excluding hydrogens is 544 g/mol. The van der Waals surface area contributed by atoms with Crippen molar-refractivity contribution in [1.29, 1.82) is 0 Å². The maximum absolute atomic E-state index is 14.1. The number of benzene rings is 2. The highest BCUT2D eigenvalue weighted by Crippen LogP contribution is 2.52. The van der Waals surface area contributed by atoms with E-state index in [-0.39, 0.29) is 31.4 Å². The zero-order chi connectivity index (χ0) is 29.4. The minimum atomic E-state index is -1.19. The molecule has 1 aliphatic heterocycles. The fraction of sp³-hybridized carbons (Fsp3) is 0.469. The van der Waals surface area contributed by atoms with Gasteiger partial charge in [0.1, 0.15) is 5.41 Å². The van der Waals surface area contributed by atoms with Crippen molar-refractivity contribution >= 4 is 29.4 Å². The molecule has 1 saturated heterocycles. The van der Waals surface area contributed by atoms with E-state index < -0.39 is 17.3 Å². The third-order valence-electron chi connectivity index (χ3n) is 8.02. The number of methoxy groups -OCH3 is 2. The molecule has 1 heterocycles. The summed E-state index contributed by atoms with van der Waals surface area (Å²) in [6.45, 7) is 2.61. The molecule has 0 bridgehead atoms. The number of nitrogens with zero attached hydrogens (tertiary/aromatic N) is 1. The first-order valence-electron chi connectivity index (χ1n) is 14.2. The predicted octanol–water partition coefficient (Wildman–Crippen LogP) is 5.46. The van der Waals surface area contributed by atoms with Crippen molar-refractivity contribution in [2.24, 2.45) is 11.3 Å². The van der Waals surface area contributed by atoms with Crippen molar-refractivity contribution in [2.45, 2.75) is 58.4 Å². The Morgan fingerprint density at radius 1 is 1.02 bits per heavy atom. The number of hydrogen-bond donors (Lipinski definition) is 1. The van der Waals surface area contributed by atoms with Crippen LogP contribution in [0.3, 0.4) is 0 Å². The van der Waals surface area contributed by atoms with Crippen LogP contribution in [0, 0.1) is 11.3 Å². The molecule has 8 nitrogen and oxygen atoms in total. The number of amides is 2. The normalized spacial score (nSPS) is 21.7. The molecule has 2 aromatic rings. The summed E-state index contributed by atoms with van der Waals surface area (Å²) in [4.78, 5) is 42.9. The van der Waals surface area contributed by atoms with Crippen LogP contribution in [-0.2, 0) is 32.1 Å². The third kappa shape index (κ3) is 6.70. The van der Waals surface area contributed by atoms with Gasteiger partial charge in [0.25, 0.3) is 0 Å². The average Bonchev–Trinajstić information content (AvgIpc) is 3.17. The van der Waals surface area contributed by atoms with Crippen LogP contribution in [0.25, 0.3) is 0 Å².